The molecule has 4 aromatic carbocycles. The molecule has 0 bridgehead atoms. The molecule has 0 fully saturated rings. The van der Waals surface area contributed by atoms with Crippen LogP contribution in [0.2, 0.25) is 0 Å². The number of carbonyl (C=O) groups is 2. The standard InChI is InChI=1S/C31H24N4O4/c36-29(33-27(31(38)39)18-21-19-32-26-14-8-7-13-24(21)26)20-15-16-28-25(17-20)30(37)35(23-11-5-2-6-12-23)34(28)22-9-3-1-4-10-22/h1-17,19,27,32H,18H2,(H,33,36)(H,38,39)/t27-/m0/s1. The molecule has 8 nitrogen and oxygen atoms in total. The Morgan fingerprint density at radius 3 is 2.13 bits per heavy atom. The van der Waals surface area contributed by atoms with Crippen LogP contribution in [0, 0.1) is 0 Å². The number of H-pyrrole nitrogens is 1. The molecule has 0 aliphatic rings. The molecule has 0 aliphatic heterocycles. The first kappa shape index (κ1) is 24.0. The fourth-order valence-corrected chi connectivity index (χ4v) is 4.93. The minimum atomic E-state index is -1.15. The van der Waals surface area contributed by atoms with E-state index in [4.69, 9.17) is 0 Å². The second kappa shape index (κ2) is 9.83. The van der Waals surface area contributed by atoms with Crippen molar-refractivity contribution in [3.8, 4) is 11.4 Å². The number of para-hydroxylation sites is 3. The van der Waals surface area contributed by atoms with E-state index in [2.05, 4.69) is 10.3 Å². The van der Waals surface area contributed by atoms with Gasteiger partial charge in [0.2, 0.25) is 0 Å². The number of carbonyl (C=O) groups excluding carboxylic acids is 1. The lowest BCUT2D eigenvalue weighted by atomic mass is 10.0. The zero-order valence-corrected chi connectivity index (χ0v) is 20.7. The van der Waals surface area contributed by atoms with Crippen molar-refractivity contribution in [2.24, 2.45) is 0 Å². The Bertz CT molecular complexity index is 1880. The molecule has 0 spiro atoms. The summed E-state index contributed by atoms with van der Waals surface area (Å²) >= 11 is 0. The fourth-order valence-electron chi connectivity index (χ4n) is 4.93. The lowest BCUT2D eigenvalue weighted by molar-refractivity contribution is -0.139. The highest BCUT2D eigenvalue weighted by Gasteiger charge is 2.24. The predicted octanol–water partition coefficient (Wildman–Crippen LogP) is 4.69. The highest BCUT2D eigenvalue weighted by Crippen LogP contribution is 2.23. The van der Waals surface area contributed by atoms with Crippen molar-refractivity contribution in [2.75, 3.05) is 0 Å². The molecule has 0 unspecified atom stereocenters. The van der Waals surface area contributed by atoms with Gasteiger partial charge < -0.3 is 15.4 Å². The molecule has 3 N–H and O–H groups in total. The summed E-state index contributed by atoms with van der Waals surface area (Å²) in [7, 11) is 0. The average Bonchev–Trinajstić information content (AvgIpc) is 3.51. The Kier molecular flexibility index (Phi) is 6.05. The molecule has 192 valence electrons. The molecule has 1 amide bonds. The predicted molar refractivity (Wildman–Crippen MR) is 150 cm³/mol. The summed E-state index contributed by atoms with van der Waals surface area (Å²) in [6.45, 7) is 0. The van der Waals surface area contributed by atoms with Gasteiger partial charge in [0, 0.05) is 29.1 Å². The summed E-state index contributed by atoms with van der Waals surface area (Å²) in [4.78, 5) is 42.1. The van der Waals surface area contributed by atoms with Gasteiger partial charge in [0.05, 0.1) is 22.3 Å². The third-order valence-electron chi connectivity index (χ3n) is 6.81. The first-order valence-corrected chi connectivity index (χ1v) is 12.5. The van der Waals surface area contributed by atoms with Crippen molar-refractivity contribution in [1.82, 2.24) is 19.7 Å². The van der Waals surface area contributed by atoms with Crippen LogP contribution in [0.3, 0.4) is 0 Å². The van der Waals surface area contributed by atoms with Crippen molar-refractivity contribution in [2.45, 2.75) is 12.5 Å². The molecule has 2 heterocycles. The first-order valence-electron chi connectivity index (χ1n) is 12.5. The molecule has 1 atom stereocenters. The van der Waals surface area contributed by atoms with E-state index in [1.165, 1.54) is 6.07 Å². The number of nitrogens with zero attached hydrogens (tertiary/aromatic N) is 2. The number of amides is 1. The van der Waals surface area contributed by atoms with E-state index in [0.717, 1.165) is 22.2 Å². The number of rotatable bonds is 7. The quantitative estimate of drug-likeness (QED) is 0.286. The van der Waals surface area contributed by atoms with Gasteiger partial charge in [-0.25, -0.2) is 14.2 Å². The lowest BCUT2D eigenvalue weighted by Gasteiger charge is -2.15. The lowest BCUT2D eigenvalue weighted by Crippen LogP contribution is -2.42. The van der Waals surface area contributed by atoms with E-state index in [0.29, 0.717) is 16.6 Å². The van der Waals surface area contributed by atoms with Gasteiger partial charge in [-0.05, 0) is 54.1 Å². The number of hydrogen-bond acceptors (Lipinski definition) is 3. The van der Waals surface area contributed by atoms with Gasteiger partial charge in [-0.1, -0.05) is 54.6 Å². The third-order valence-corrected chi connectivity index (χ3v) is 6.81. The normalized spacial score (nSPS) is 12.0. The average molecular weight is 517 g/mol. The summed E-state index contributed by atoms with van der Waals surface area (Å²) in [5.74, 6) is -1.71. The molecule has 2 aromatic heterocycles. The number of benzene rings is 4. The largest absolute Gasteiger partial charge is 0.480 e. The van der Waals surface area contributed by atoms with Gasteiger partial charge in [0.1, 0.15) is 6.04 Å². The number of carboxylic acid groups (broad SMARTS) is 1. The van der Waals surface area contributed by atoms with Crippen LogP contribution >= 0.6 is 0 Å². The molecular formula is C31H24N4O4. The number of aliphatic carboxylic acids is 1. The summed E-state index contributed by atoms with van der Waals surface area (Å²) in [5.41, 5.74) is 3.69. The van der Waals surface area contributed by atoms with E-state index in [1.807, 2.05) is 89.6 Å². The van der Waals surface area contributed by atoms with E-state index in [1.54, 1.807) is 23.0 Å². The Morgan fingerprint density at radius 2 is 1.44 bits per heavy atom. The maximum atomic E-state index is 13.7. The highest BCUT2D eigenvalue weighted by molar-refractivity contribution is 6.00. The van der Waals surface area contributed by atoms with Crippen LogP contribution in [0.4, 0.5) is 0 Å². The molecule has 39 heavy (non-hydrogen) atoms. The molecule has 0 saturated carbocycles. The van der Waals surface area contributed by atoms with E-state index >= 15 is 0 Å². The first-order chi connectivity index (χ1) is 19.0. The van der Waals surface area contributed by atoms with Crippen LogP contribution in [-0.4, -0.2) is 37.4 Å². The minimum Gasteiger partial charge on any atom is -0.480 e. The molecule has 0 aliphatic carbocycles. The molecule has 8 heteroatoms. The third kappa shape index (κ3) is 4.38. The van der Waals surface area contributed by atoms with Gasteiger partial charge in [-0.15, -0.1) is 0 Å². The molecule has 6 rings (SSSR count). The zero-order chi connectivity index (χ0) is 26.9. The number of hydrogen-bond donors (Lipinski definition) is 3. The number of carboxylic acids is 1. The second-order valence-electron chi connectivity index (χ2n) is 9.26. The van der Waals surface area contributed by atoms with Crippen LogP contribution < -0.4 is 10.9 Å². The zero-order valence-electron chi connectivity index (χ0n) is 20.7. The van der Waals surface area contributed by atoms with Crippen LogP contribution in [0.15, 0.2) is 114 Å². The van der Waals surface area contributed by atoms with E-state index < -0.39 is 17.9 Å². The second-order valence-corrected chi connectivity index (χ2v) is 9.26. The molecule has 0 radical (unpaired) electrons. The molecule has 0 saturated heterocycles. The van der Waals surface area contributed by atoms with Crippen LogP contribution in [0.1, 0.15) is 15.9 Å². The van der Waals surface area contributed by atoms with Crippen molar-refractivity contribution < 1.29 is 14.7 Å². The smallest absolute Gasteiger partial charge is 0.326 e. The summed E-state index contributed by atoms with van der Waals surface area (Å²) < 4.78 is 3.38. The summed E-state index contributed by atoms with van der Waals surface area (Å²) in [6.07, 6.45) is 1.87. The summed E-state index contributed by atoms with van der Waals surface area (Å²) in [6, 6.07) is 30.1. The molecular weight excluding hydrogens is 492 g/mol. The van der Waals surface area contributed by atoms with Crippen molar-refractivity contribution in [3.63, 3.8) is 0 Å². The van der Waals surface area contributed by atoms with Crippen molar-refractivity contribution >= 4 is 33.7 Å². The maximum absolute atomic E-state index is 13.7. The Morgan fingerprint density at radius 1 is 0.795 bits per heavy atom. The van der Waals surface area contributed by atoms with Crippen molar-refractivity contribution in [3.05, 3.63) is 131 Å². The SMILES string of the molecule is O=C(N[C@@H](Cc1c[nH]c2ccccc12)C(=O)O)c1ccc2c(c1)c(=O)n(-c1ccccc1)n2-c1ccccc1. The van der Waals surface area contributed by atoms with E-state index in [9.17, 15) is 19.5 Å². The number of aromatic nitrogens is 3. The van der Waals surface area contributed by atoms with Gasteiger partial charge >= 0.3 is 5.97 Å². The van der Waals surface area contributed by atoms with Crippen LogP contribution in [0.5, 0.6) is 0 Å². The number of aromatic amines is 1. The molecule has 6 aromatic rings. The minimum absolute atomic E-state index is 0.110. The number of nitrogens with one attached hydrogen (secondary N) is 2. The Hall–Kier alpha value is -5.37. The topological polar surface area (TPSA) is 109 Å². The van der Waals surface area contributed by atoms with Crippen LogP contribution in [0.25, 0.3) is 33.2 Å². The fraction of sp³-hybridized carbons (Fsp3) is 0.0645. The van der Waals surface area contributed by atoms with Gasteiger partial charge in [0.15, 0.2) is 0 Å². The monoisotopic (exact) mass is 516 g/mol. The van der Waals surface area contributed by atoms with Crippen LogP contribution in [-0.2, 0) is 11.2 Å². The maximum Gasteiger partial charge on any atom is 0.326 e. The van der Waals surface area contributed by atoms with E-state index in [-0.39, 0.29) is 17.5 Å². The Labute approximate surface area is 222 Å². The Balaban J connectivity index is 1.38. The number of fused-ring (bicyclic) bond motifs is 2. The van der Waals surface area contributed by atoms with Gasteiger partial charge in [0.25, 0.3) is 11.5 Å². The highest BCUT2D eigenvalue weighted by atomic mass is 16.4. The summed E-state index contributed by atoms with van der Waals surface area (Å²) in [5, 5.41) is 13.8. The van der Waals surface area contributed by atoms with Gasteiger partial charge in [-0.2, -0.15) is 0 Å². The van der Waals surface area contributed by atoms with Crippen molar-refractivity contribution in [1.29, 1.82) is 0 Å². The van der Waals surface area contributed by atoms with Gasteiger partial charge in [-0.3, -0.25) is 9.59 Å².